The van der Waals surface area contributed by atoms with Crippen LogP contribution in [-0.2, 0) is 16.4 Å². The molecule has 0 unspecified atom stereocenters. The van der Waals surface area contributed by atoms with Gasteiger partial charge in [0, 0.05) is 33.5 Å². The van der Waals surface area contributed by atoms with Crippen molar-refractivity contribution in [1.82, 2.24) is 0 Å². The zero-order valence-corrected chi connectivity index (χ0v) is 14.9. The Balaban J connectivity index is 2.30. The summed E-state index contributed by atoms with van der Waals surface area (Å²) in [5, 5.41) is 4.17. The molecule has 0 fully saturated rings. The third-order valence-corrected chi connectivity index (χ3v) is 5.61. The summed E-state index contributed by atoms with van der Waals surface area (Å²) in [6.07, 6.45) is 1.17. The summed E-state index contributed by atoms with van der Waals surface area (Å²) in [7, 11) is -3.33. The summed E-state index contributed by atoms with van der Waals surface area (Å²) in [6, 6.07) is 10.2. The largest absolute Gasteiger partial charge is 0.381 e. The molecular weight excluding hydrogens is 397 g/mol. The average molecular weight is 409 g/mol. The van der Waals surface area contributed by atoms with Gasteiger partial charge in [-0.1, -0.05) is 29.3 Å². The number of benzene rings is 2. The highest BCUT2D eigenvalue weighted by molar-refractivity contribution is 9.10. The maximum atomic E-state index is 11.8. The fourth-order valence-corrected chi connectivity index (χ4v) is 3.60. The zero-order valence-electron chi connectivity index (χ0n) is 11.0. The molecule has 1 N–H and O–H groups in total. The SMILES string of the molecule is CS(=O)(=O)c1cccc(Cl)c1CNc1ccc(Cl)c(Br)c1. The van der Waals surface area contributed by atoms with Gasteiger partial charge in [-0.15, -0.1) is 0 Å². The number of rotatable bonds is 4. The Hall–Kier alpha value is -0.750. The quantitative estimate of drug-likeness (QED) is 0.792. The summed E-state index contributed by atoms with van der Waals surface area (Å²) < 4.78 is 24.4. The zero-order chi connectivity index (χ0) is 15.6. The lowest BCUT2D eigenvalue weighted by Gasteiger charge is -2.12. The number of hydrogen-bond donors (Lipinski definition) is 1. The Morgan fingerprint density at radius 2 is 1.86 bits per heavy atom. The molecule has 7 heteroatoms. The molecule has 0 atom stereocenters. The van der Waals surface area contributed by atoms with Crippen LogP contribution in [0.2, 0.25) is 10.0 Å². The molecular formula is C14H12BrCl2NO2S. The Morgan fingerprint density at radius 1 is 1.14 bits per heavy atom. The maximum Gasteiger partial charge on any atom is 0.175 e. The van der Waals surface area contributed by atoms with Crippen molar-refractivity contribution in [3.05, 3.63) is 56.5 Å². The lowest BCUT2D eigenvalue weighted by atomic mass is 10.2. The van der Waals surface area contributed by atoms with E-state index >= 15 is 0 Å². The molecule has 0 spiro atoms. The van der Waals surface area contributed by atoms with Gasteiger partial charge in [0.05, 0.1) is 9.92 Å². The minimum Gasteiger partial charge on any atom is -0.381 e. The van der Waals surface area contributed by atoms with Gasteiger partial charge in [-0.05, 0) is 46.3 Å². The van der Waals surface area contributed by atoms with Crippen LogP contribution in [0.3, 0.4) is 0 Å². The number of halogens is 3. The lowest BCUT2D eigenvalue weighted by molar-refractivity contribution is 0.601. The fourth-order valence-electron chi connectivity index (χ4n) is 1.85. The van der Waals surface area contributed by atoms with Crippen molar-refractivity contribution in [3.8, 4) is 0 Å². The summed E-state index contributed by atoms with van der Waals surface area (Å²) in [5.74, 6) is 0. The summed E-state index contributed by atoms with van der Waals surface area (Å²) in [4.78, 5) is 0.232. The molecule has 0 aliphatic heterocycles. The Labute approximate surface area is 142 Å². The van der Waals surface area contributed by atoms with Crippen LogP contribution in [0.5, 0.6) is 0 Å². The highest BCUT2D eigenvalue weighted by atomic mass is 79.9. The Bertz CT molecular complexity index is 779. The smallest absolute Gasteiger partial charge is 0.175 e. The van der Waals surface area contributed by atoms with E-state index < -0.39 is 9.84 Å². The van der Waals surface area contributed by atoms with E-state index in [0.29, 0.717) is 22.2 Å². The molecule has 0 aliphatic carbocycles. The molecule has 0 saturated carbocycles. The number of nitrogens with one attached hydrogen (secondary N) is 1. The first-order chi connectivity index (χ1) is 9.79. The second-order valence-corrected chi connectivity index (χ2v) is 8.12. The predicted octanol–water partition coefficient (Wildman–Crippen LogP) is 4.77. The van der Waals surface area contributed by atoms with Crippen molar-refractivity contribution in [2.75, 3.05) is 11.6 Å². The third-order valence-electron chi connectivity index (χ3n) is 2.86. The number of hydrogen-bond acceptors (Lipinski definition) is 3. The van der Waals surface area contributed by atoms with Crippen LogP contribution < -0.4 is 5.32 Å². The van der Waals surface area contributed by atoms with Crippen molar-refractivity contribution in [2.45, 2.75) is 11.4 Å². The topological polar surface area (TPSA) is 46.2 Å². The molecule has 3 nitrogen and oxygen atoms in total. The molecule has 2 aromatic rings. The van der Waals surface area contributed by atoms with Gasteiger partial charge in [0.25, 0.3) is 0 Å². The molecule has 112 valence electrons. The van der Waals surface area contributed by atoms with Crippen LogP contribution in [-0.4, -0.2) is 14.7 Å². The van der Waals surface area contributed by atoms with Crippen LogP contribution in [0.4, 0.5) is 5.69 Å². The minimum absolute atomic E-state index is 0.232. The van der Waals surface area contributed by atoms with Gasteiger partial charge in [0.2, 0.25) is 0 Å². The van der Waals surface area contributed by atoms with Gasteiger partial charge in [0.1, 0.15) is 0 Å². The number of anilines is 1. The molecule has 0 aromatic heterocycles. The highest BCUT2D eigenvalue weighted by Gasteiger charge is 2.15. The van der Waals surface area contributed by atoms with E-state index in [1.807, 2.05) is 12.1 Å². The second kappa shape index (κ2) is 6.57. The van der Waals surface area contributed by atoms with Gasteiger partial charge in [-0.3, -0.25) is 0 Å². The van der Waals surface area contributed by atoms with Crippen molar-refractivity contribution in [1.29, 1.82) is 0 Å². The molecule has 21 heavy (non-hydrogen) atoms. The van der Waals surface area contributed by atoms with Crippen molar-refractivity contribution >= 4 is 54.7 Å². The Morgan fingerprint density at radius 3 is 2.48 bits per heavy atom. The van der Waals surface area contributed by atoms with E-state index in [9.17, 15) is 8.42 Å². The summed E-state index contributed by atoms with van der Waals surface area (Å²) >= 11 is 15.4. The fraction of sp³-hybridized carbons (Fsp3) is 0.143. The van der Waals surface area contributed by atoms with Gasteiger partial charge in [-0.25, -0.2) is 8.42 Å². The normalized spacial score (nSPS) is 11.4. The van der Waals surface area contributed by atoms with E-state index in [0.717, 1.165) is 10.2 Å². The first-order valence-electron chi connectivity index (χ1n) is 5.95. The van der Waals surface area contributed by atoms with E-state index in [2.05, 4.69) is 21.2 Å². The van der Waals surface area contributed by atoms with Crippen LogP contribution in [0.15, 0.2) is 45.8 Å². The van der Waals surface area contributed by atoms with Crippen LogP contribution >= 0.6 is 39.1 Å². The van der Waals surface area contributed by atoms with Gasteiger partial charge < -0.3 is 5.32 Å². The molecule has 2 rings (SSSR count). The summed E-state index contributed by atoms with van der Waals surface area (Å²) in [6.45, 7) is 0.302. The minimum atomic E-state index is -3.33. The molecule has 0 heterocycles. The van der Waals surface area contributed by atoms with Gasteiger partial charge in [0.15, 0.2) is 9.84 Å². The van der Waals surface area contributed by atoms with E-state index in [1.54, 1.807) is 24.3 Å². The predicted molar refractivity (Wildman–Crippen MR) is 91.0 cm³/mol. The van der Waals surface area contributed by atoms with E-state index in [1.165, 1.54) is 6.26 Å². The molecule has 0 saturated heterocycles. The first-order valence-corrected chi connectivity index (χ1v) is 9.39. The van der Waals surface area contributed by atoms with Crippen LogP contribution in [0, 0.1) is 0 Å². The average Bonchev–Trinajstić information content (AvgIpc) is 2.40. The van der Waals surface area contributed by atoms with Gasteiger partial charge >= 0.3 is 0 Å². The molecule has 2 aromatic carbocycles. The second-order valence-electron chi connectivity index (χ2n) is 4.47. The summed E-state index contributed by atoms with van der Waals surface area (Å²) in [5.41, 5.74) is 1.36. The first kappa shape index (κ1) is 16.6. The highest BCUT2D eigenvalue weighted by Crippen LogP contribution is 2.28. The lowest BCUT2D eigenvalue weighted by Crippen LogP contribution is -2.07. The molecule has 0 bridgehead atoms. The van der Waals surface area contributed by atoms with Crippen molar-refractivity contribution in [2.24, 2.45) is 0 Å². The van der Waals surface area contributed by atoms with E-state index in [4.69, 9.17) is 23.2 Å². The van der Waals surface area contributed by atoms with E-state index in [-0.39, 0.29) is 4.90 Å². The monoisotopic (exact) mass is 407 g/mol. The van der Waals surface area contributed by atoms with Crippen LogP contribution in [0.1, 0.15) is 5.56 Å². The molecule has 0 radical (unpaired) electrons. The maximum absolute atomic E-state index is 11.8. The third kappa shape index (κ3) is 4.13. The van der Waals surface area contributed by atoms with Gasteiger partial charge in [-0.2, -0.15) is 0 Å². The standard InChI is InChI=1S/C14H12BrCl2NO2S/c1-21(19,20)14-4-2-3-12(16)10(14)8-18-9-5-6-13(17)11(15)7-9/h2-7,18H,8H2,1H3. The van der Waals surface area contributed by atoms with Crippen molar-refractivity contribution < 1.29 is 8.42 Å². The molecule has 0 amide bonds. The van der Waals surface area contributed by atoms with Crippen molar-refractivity contribution in [3.63, 3.8) is 0 Å². The Kier molecular flexibility index (Phi) is 5.20. The van der Waals surface area contributed by atoms with Crippen LogP contribution in [0.25, 0.3) is 0 Å². The number of sulfone groups is 1. The molecule has 0 aliphatic rings.